The van der Waals surface area contributed by atoms with Crippen molar-refractivity contribution < 1.29 is 19.4 Å². The van der Waals surface area contributed by atoms with Crippen LogP contribution in [-0.2, 0) is 11.3 Å². The molecule has 0 unspecified atom stereocenters. The molecule has 0 amide bonds. The van der Waals surface area contributed by atoms with Gasteiger partial charge in [0.25, 0.3) is 0 Å². The van der Waals surface area contributed by atoms with Gasteiger partial charge in [-0.05, 0) is 25.6 Å². The van der Waals surface area contributed by atoms with E-state index >= 15 is 0 Å². The molecule has 7 heteroatoms. The fourth-order valence-electron chi connectivity index (χ4n) is 4.21. The molecule has 138 valence electrons. The number of benzene rings is 1. The summed E-state index contributed by atoms with van der Waals surface area (Å²) in [6.45, 7) is 5.79. The van der Waals surface area contributed by atoms with Crippen molar-refractivity contribution in [3.8, 4) is 11.5 Å². The van der Waals surface area contributed by atoms with Crippen LogP contribution in [-0.4, -0.2) is 67.8 Å². The Balaban J connectivity index is 1.79. The molecule has 6 nitrogen and oxygen atoms in total. The van der Waals surface area contributed by atoms with E-state index in [0.29, 0.717) is 42.8 Å². The molecule has 3 rings (SSSR count). The first-order valence-electron chi connectivity index (χ1n) is 8.53. The number of aliphatic carboxylic acids is 1. The number of hydrogen-bond donors (Lipinski definition) is 1. The molecule has 2 saturated heterocycles. The maximum Gasteiger partial charge on any atom is 0.312 e. The number of nitrogens with zero attached hydrogens (tertiary/aromatic N) is 2. The fraction of sp³-hybridized carbons (Fsp3) is 0.611. The Hall–Kier alpha value is -1.50. The number of likely N-dealkylation sites (tertiary alicyclic amines) is 2. The van der Waals surface area contributed by atoms with E-state index in [1.165, 1.54) is 0 Å². The molecule has 2 aliphatic rings. The van der Waals surface area contributed by atoms with Crippen molar-refractivity contribution in [1.29, 1.82) is 0 Å². The monoisotopic (exact) mass is 368 g/mol. The second-order valence-corrected chi connectivity index (χ2v) is 7.46. The molecule has 2 atom stereocenters. The molecule has 1 N–H and O–H groups in total. The molecule has 0 bridgehead atoms. The smallest absolute Gasteiger partial charge is 0.312 e. The second kappa shape index (κ2) is 7.02. The SMILES string of the molecule is CCOc1cc(Cl)c(CN2C[C@@H]3CN(C)C[C@]3(C(=O)O)C2)cc1OC. The Labute approximate surface area is 153 Å². The number of carboxylic acids is 1. The van der Waals surface area contributed by atoms with E-state index in [9.17, 15) is 9.90 Å². The molecule has 0 radical (unpaired) electrons. The van der Waals surface area contributed by atoms with Gasteiger partial charge in [-0.1, -0.05) is 11.6 Å². The van der Waals surface area contributed by atoms with Gasteiger partial charge in [-0.3, -0.25) is 9.69 Å². The van der Waals surface area contributed by atoms with Crippen molar-refractivity contribution in [2.75, 3.05) is 46.9 Å². The first kappa shape index (κ1) is 18.3. The number of rotatable bonds is 6. The molecule has 0 saturated carbocycles. The summed E-state index contributed by atoms with van der Waals surface area (Å²) >= 11 is 6.43. The van der Waals surface area contributed by atoms with Gasteiger partial charge in [0, 0.05) is 49.7 Å². The molecule has 1 aromatic rings. The lowest BCUT2D eigenvalue weighted by Crippen LogP contribution is -2.40. The number of hydrogen-bond acceptors (Lipinski definition) is 5. The van der Waals surface area contributed by atoms with E-state index in [2.05, 4.69) is 9.80 Å². The molecule has 0 spiro atoms. The van der Waals surface area contributed by atoms with Crippen LogP contribution in [0.3, 0.4) is 0 Å². The van der Waals surface area contributed by atoms with Crippen LogP contribution >= 0.6 is 11.6 Å². The van der Waals surface area contributed by atoms with Gasteiger partial charge < -0.3 is 19.5 Å². The Bertz CT molecular complexity index is 669. The van der Waals surface area contributed by atoms with Gasteiger partial charge >= 0.3 is 5.97 Å². The van der Waals surface area contributed by atoms with Crippen molar-refractivity contribution in [3.63, 3.8) is 0 Å². The maximum atomic E-state index is 11.9. The van der Waals surface area contributed by atoms with E-state index in [1.807, 2.05) is 20.0 Å². The van der Waals surface area contributed by atoms with Crippen molar-refractivity contribution >= 4 is 17.6 Å². The number of carboxylic acid groups (broad SMARTS) is 1. The average Bonchev–Trinajstić information content (AvgIpc) is 3.03. The Morgan fingerprint density at radius 3 is 2.72 bits per heavy atom. The topological polar surface area (TPSA) is 62.2 Å². The third kappa shape index (κ3) is 3.30. The average molecular weight is 369 g/mol. The summed E-state index contributed by atoms with van der Waals surface area (Å²) in [5, 5.41) is 10.4. The van der Waals surface area contributed by atoms with Gasteiger partial charge in [-0.25, -0.2) is 0 Å². The summed E-state index contributed by atoms with van der Waals surface area (Å²) in [6.07, 6.45) is 0. The lowest BCUT2D eigenvalue weighted by atomic mass is 9.81. The molecular weight excluding hydrogens is 344 g/mol. The third-order valence-corrected chi connectivity index (χ3v) is 5.65. The van der Waals surface area contributed by atoms with Gasteiger partial charge in [0.15, 0.2) is 11.5 Å². The highest BCUT2D eigenvalue weighted by Crippen LogP contribution is 2.43. The number of carbonyl (C=O) groups is 1. The lowest BCUT2D eigenvalue weighted by molar-refractivity contribution is -0.148. The highest BCUT2D eigenvalue weighted by atomic mass is 35.5. The quantitative estimate of drug-likeness (QED) is 0.830. The van der Waals surface area contributed by atoms with Crippen molar-refractivity contribution in [2.45, 2.75) is 13.5 Å². The van der Waals surface area contributed by atoms with E-state index in [4.69, 9.17) is 21.1 Å². The van der Waals surface area contributed by atoms with Crippen LogP contribution in [0.1, 0.15) is 12.5 Å². The van der Waals surface area contributed by atoms with Crippen LogP contribution in [0.25, 0.3) is 0 Å². The molecule has 25 heavy (non-hydrogen) atoms. The van der Waals surface area contributed by atoms with Crippen molar-refractivity contribution in [3.05, 3.63) is 22.7 Å². The number of fused-ring (bicyclic) bond motifs is 1. The first-order valence-corrected chi connectivity index (χ1v) is 8.91. The Morgan fingerprint density at radius 2 is 2.12 bits per heavy atom. The van der Waals surface area contributed by atoms with Gasteiger partial charge in [0.1, 0.15) is 0 Å². The molecule has 0 aliphatic carbocycles. The largest absolute Gasteiger partial charge is 0.493 e. The summed E-state index contributed by atoms with van der Waals surface area (Å²) < 4.78 is 10.9. The second-order valence-electron chi connectivity index (χ2n) is 7.05. The van der Waals surface area contributed by atoms with E-state index in [-0.39, 0.29) is 5.92 Å². The predicted molar refractivity (Wildman–Crippen MR) is 95.5 cm³/mol. The molecule has 2 aliphatic heterocycles. The van der Waals surface area contributed by atoms with Gasteiger partial charge in [0.2, 0.25) is 0 Å². The molecule has 1 aromatic carbocycles. The van der Waals surface area contributed by atoms with Crippen molar-refractivity contribution in [2.24, 2.45) is 11.3 Å². The van der Waals surface area contributed by atoms with E-state index in [1.54, 1.807) is 13.2 Å². The minimum absolute atomic E-state index is 0.151. The zero-order valence-corrected chi connectivity index (χ0v) is 15.7. The molecule has 2 heterocycles. The molecular formula is C18H25ClN2O4. The van der Waals surface area contributed by atoms with E-state index in [0.717, 1.165) is 18.7 Å². The predicted octanol–water partition coefficient (Wildman–Crippen LogP) is 2.20. The zero-order valence-electron chi connectivity index (χ0n) is 14.9. The van der Waals surface area contributed by atoms with Crippen LogP contribution in [0.5, 0.6) is 11.5 Å². The number of methoxy groups -OCH3 is 1. The third-order valence-electron chi connectivity index (χ3n) is 5.30. The van der Waals surface area contributed by atoms with Crippen molar-refractivity contribution in [1.82, 2.24) is 9.80 Å². The molecule has 2 fully saturated rings. The van der Waals surface area contributed by atoms with Gasteiger partial charge in [0.05, 0.1) is 19.1 Å². The normalized spacial score (nSPS) is 26.6. The lowest BCUT2D eigenvalue weighted by Gasteiger charge is -2.24. The standard InChI is InChI=1S/C18H25ClN2O4/c1-4-25-16-6-14(19)12(5-15(16)24-3)7-21-9-13-8-20(2)10-18(13,11-21)17(22)23/h5-6,13H,4,7-11H2,1-3H3,(H,22,23)/t13-,18-/m0/s1. The van der Waals surface area contributed by atoms with Gasteiger partial charge in [-0.2, -0.15) is 0 Å². The van der Waals surface area contributed by atoms with Crippen LogP contribution in [0.2, 0.25) is 5.02 Å². The van der Waals surface area contributed by atoms with Crippen LogP contribution in [0, 0.1) is 11.3 Å². The number of ether oxygens (including phenoxy) is 2. The minimum atomic E-state index is -0.695. The summed E-state index contributed by atoms with van der Waals surface area (Å²) in [5.41, 5.74) is 0.257. The highest BCUT2D eigenvalue weighted by molar-refractivity contribution is 6.31. The maximum absolute atomic E-state index is 11.9. The van der Waals surface area contributed by atoms with Crippen LogP contribution < -0.4 is 9.47 Å². The van der Waals surface area contributed by atoms with E-state index < -0.39 is 11.4 Å². The minimum Gasteiger partial charge on any atom is -0.493 e. The fourth-order valence-corrected chi connectivity index (χ4v) is 4.42. The van der Waals surface area contributed by atoms with Crippen LogP contribution in [0.4, 0.5) is 0 Å². The number of halogens is 1. The summed E-state index contributed by atoms with van der Waals surface area (Å²) in [5.74, 6) is 0.729. The zero-order chi connectivity index (χ0) is 18.2. The summed E-state index contributed by atoms with van der Waals surface area (Å²) in [7, 11) is 3.59. The molecule has 0 aromatic heterocycles. The Kier molecular flexibility index (Phi) is 5.14. The highest BCUT2D eigenvalue weighted by Gasteiger charge is 2.56. The Morgan fingerprint density at radius 1 is 1.36 bits per heavy atom. The van der Waals surface area contributed by atoms with Crippen LogP contribution in [0.15, 0.2) is 12.1 Å². The summed E-state index contributed by atoms with van der Waals surface area (Å²) in [6, 6.07) is 3.66. The summed E-state index contributed by atoms with van der Waals surface area (Å²) in [4.78, 5) is 16.2. The van der Waals surface area contributed by atoms with Gasteiger partial charge in [-0.15, -0.1) is 0 Å². The first-order chi connectivity index (χ1) is 11.9.